The first-order valence-corrected chi connectivity index (χ1v) is 4.10. The highest BCUT2D eigenvalue weighted by Crippen LogP contribution is 2.09. The molecule has 1 fully saturated rings. The van der Waals surface area contributed by atoms with Crippen LogP contribution < -0.4 is 0 Å². The number of rotatable bonds is 5. The first-order valence-electron chi connectivity index (χ1n) is 4.10. The second-order valence-electron chi connectivity index (χ2n) is 2.76. The highest BCUT2D eigenvalue weighted by atomic mass is 15.6. The summed E-state index contributed by atoms with van der Waals surface area (Å²) in [6.45, 7) is 11.7. The molecule has 0 atom stereocenters. The minimum atomic E-state index is 0.937. The maximum Gasteiger partial charge on any atom is 0.0315 e. The highest BCUT2D eigenvalue weighted by molar-refractivity contribution is 4.80. The van der Waals surface area contributed by atoms with Gasteiger partial charge in [0.1, 0.15) is 0 Å². The Labute approximate surface area is 68.8 Å². The minimum absolute atomic E-state index is 0.937. The van der Waals surface area contributed by atoms with Crippen molar-refractivity contribution in [3.05, 3.63) is 25.3 Å². The zero-order chi connectivity index (χ0) is 8.10. The fourth-order valence-electron chi connectivity index (χ4n) is 1.19. The molecule has 0 aliphatic carbocycles. The molecule has 2 nitrogen and oxygen atoms in total. The lowest BCUT2D eigenvalue weighted by Gasteiger charge is -2.39. The minimum Gasteiger partial charge on any atom is -0.241 e. The molecule has 0 radical (unpaired) electrons. The van der Waals surface area contributed by atoms with Crippen molar-refractivity contribution < 1.29 is 0 Å². The number of hydrogen-bond acceptors (Lipinski definition) is 2. The smallest absolute Gasteiger partial charge is 0.0315 e. The van der Waals surface area contributed by atoms with E-state index in [4.69, 9.17) is 0 Å². The summed E-state index contributed by atoms with van der Waals surface area (Å²) < 4.78 is 0. The predicted molar refractivity (Wildman–Crippen MR) is 48.2 cm³/mol. The highest BCUT2D eigenvalue weighted by Gasteiger charge is 2.18. The van der Waals surface area contributed by atoms with Crippen LogP contribution in [-0.2, 0) is 0 Å². The quantitative estimate of drug-likeness (QED) is 0.548. The molecule has 0 spiro atoms. The van der Waals surface area contributed by atoms with Crippen molar-refractivity contribution in [2.24, 2.45) is 0 Å². The second-order valence-corrected chi connectivity index (χ2v) is 2.76. The third-order valence-electron chi connectivity index (χ3n) is 1.91. The van der Waals surface area contributed by atoms with Gasteiger partial charge >= 0.3 is 0 Å². The van der Waals surface area contributed by atoms with E-state index >= 15 is 0 Å². The largest absolute Gasteiger partial charge is 0.241 e. The molecule has 1 rings (SSSR count). The molecule has 62 valence electrons. The van der Waals surface area contributed by atoms with Crippen molar-refractivity contribution in [2.75, 3.05) is 26.2 Å². The summed E-state index contributed by atoms with van der Waals surface area (Å²) in [5, 5.41) is 4.60. The van der Waals surface area contributed by atoms with E-state index < -0.39 is 0 Å². The van der Waals surface area contributed by atoms with Crippen molar-refractivity contribution in [1.82, 2.24) is 10.0 Å². The van der Waals surface area contributed by atoms with Crippen LogP contribution in [0, 0.1) is 0 Å². The predicted octanol–water partition coefficient (Wildman–Crippen LogP) is 1.28. The SMILES string of the molecule is C=CCN(CC=C)N1CCC1. The van der Waals surface area contributed by atoms with Gasteiger partial charge in [0.05, 0.1) is 0 Å². The summed E-state index contributed by atoms with van der Waals surface area (Å²) in [6, 6.07) is 0. The molecular formula is C9H16N2. The van der Waals surface area contributed by atoms with Gasteiger partial charge in [-0.15, -0.1) is 13.2 Å². The summed E-state index contributed by atoms with van der Waals surface area (Å²) in [6.07, 6.45) is 5.19. The maximum atomic E-state index is 3.72. The van der Waals surface area contributed by atoms with Gasteiger partial charge in [0, 0.05) is 26.2 Å². The standard InChI is InChI=1S/C9H16N2/c1-3-6-10(7-4-2)11-8-5-9-11/h3-4H,1-2,5-9H2. The molecule has 1 saturated heterocycles. The van der Waals surface area contributed by atoms with E-state index in [0.717, 1.165) is 13.1 Å². The van der Waals surface area contributed by atoms with Crippen LogP contribution in [0.4, 0.5) is 0 Å². The Morgan fingerprint density at radius 2 is 1.73 bits per heavy atom. The first kappa shape index (κ1) is 8.50. The van der Waals surface area contributed by atoms with E-state index in [1.165, 1.54) is 19.5 Å². The van der Waals surface area contributed by atoms with Crippen molar-refractivity contribution >= 4 is 0 Å². The van der Waals surface area contributed by atoms with Gasteiger partial charge in [-0.1, -0.05) is 12.2 Å². The van der Waals surface area contributed by atoms with Crippen molar-refractivity contribution in [3.63, 3.8) is 0 Å². The summed E-state index contributed by atoms with van der Waals surface area (Å²) in [4.78, 5) is 0. The Bertz CT molecular complexity index is 128. The van der Waals surface area contributed by atoms with Gasteiger partial charge in [-0.05, 0) is 6.42 Å². The van der Waals surface area contributed by atoms with E-state index in [1.54, 1.807) is 0 Å². The Morgan fingerprint density at radius 1 is 1.18 bits per heavy atom. The molecule has 2 heteroatoms. The summed E-state index contributed by atoms with van der Waals surface area (Å²) in [5.74, 6) is 0. The maximum absolute atomic E-state index is 3.72. The van der Waals surface area contributed by atoms with Gasteiger partial charge in [-0.25, -0.2) is 10.0 Å². The molecule has 0 unspecified atom stereocenters. The van der Waals surface area contributed by atoms with Crippen molar-refractivity contribution in [1.29, 1.82) is 0 Å². The molecule has 0 aromatic rings. The topological polar surface area (TPSA) is 6.48 Å². The third-order valence-corrected chi connectivity index (χ3v) is 1.91. The van der Waals surface area contributed by atoms with E-state index in [2.05, 4.69) is 23.2 Å². The molecule has 0 amide bonds. The van der Waals surface area contributed by atoms with Crippen molar-refractivity contribution in [3.8, 4) is 0 Å². The molecule has 1 heterocycles. The average molecular weight is 152 g/mol. The van der Waals surface area contributed by atoms with Gasteiger partial charge in [0.15, 0.2) is 0 Å². The molecule has 0 aromatic carbocycles. The lowest BCUT2D eigenvalue weighted by atomic mass is 10.3. The molecule has 1 aliphatic rings. The van der Waals surface area contributed by atoms with E-state index in [-0.39, 0.29) is 0 Å². The molecule has 0 saturated carbocycles. The fourth-order valence-corrected chi connectivity index (χ4v) is 1.19. The Balaban J connectivity index is 2.29. The molecule has 0 N–H and O–H groups in total. The van der Waals surface area contributed by atoms with Crippen LogP contribution in [0.5, 0.6) is 0 Å². The zero-order valence-electron chi connectivity index (χ0n) is 7.00. The summed E-state index contributed by atoms with van der Waals surface area (Å²) in [5.41, 5.74) is 0. The Kier molecular flexibility index (Phi) is 3.33. The van der Waals surface area contributed by atoms with Crippen molar-refractivity contribution in [2.45, 2.75) is 6.42 Å². The van der Waals surface area contributed by atoms with Gasteiger partial charge in [0.25, 0.3) is 0 Å². The monoisotopic (exact) mass is 152 g/mol. The van der Waals surface area contributed by atoms with Gasteiger partial charge in [0.2, 0.25) is 0 Å². The molecular weight excluding hydrogens is 136 g/mol. The van der Waals surface area contributed by atoms with Crippen LogP contribution in [0.25, 0.3) is 0 Å². The summed E-state index contributed by atoms with van der Waals surface area (Å²) >= 11 is 0. The van der Waals surface area contributed by atoms with Crippen LogP contribution in [0.1, 0.15) is 6.42 Å². The van der Waals surface area contributed by atoms with Gasteiger partial charge in [-0.3, -0.25) is 0 Å². The lowest BCUT2D eigenvalue weighted by Crippen LogP contribution is -2.50. The molecule has 11 heavy (non-hydrogen) atoms. The number of hydrazine groups is 1. The number of hydrogen-bond donors (Lipinski definition) is 0. The van der Waals surface area contributed by atoms with E-state index in [1.807, 2.05) is 12.2 Å². The Hall–Kier alpha value is -0.600. The lowest BCUT2D eigenvalue weighted by molar-refractivity contribution is -0.0549. The second kappa shape index (κ2) is 4.31. The fraction of sp³-hybridized carbons (Fsp3) is 0.556. The first-order chi connectivity index (χ1) is 5.38. The van der Waals surface area contributed by atoms with Crippen LogP contribution >= 0.6 is 0 Å². The van der Waals surface area contributed by atoms with Crippen LogP contribution in [0.3, 0.4) is 0 Å². The average Bonchev–Trinajstić information content (AvgIpc) is 1.85. The summed E-state index contributed by atoms with van der Waals surface area (Å²) in [7, 11) is 0. The number of nitrogens with zero attached hydrogens (tertiary/aromatic N) is 2. The molecule has 0 aromatic heterocycles. The Morgan fingerprint density at radius 3 is 2.00 bits per heavy atom. The normalized spacial score (nSPS) is 17.9. The third kappa shape index (κ3) is 2.17. The van der Waals surface area contributed by atoms with E-state index in [0.29, 0.717) is 0 Å². The van der Waals surface area contributed by atoms with E-state index in [9.17, 15) is 0 Å². The zero-order valence-corrected chi connectivity index (χ0v) is 7.00. The molecule has 1 aliphatic heterocycles. The van der Waals surface area contributed by atoms with Gasteiger partial charge < -0.3 is 0 Å². The van der Waals surface area contributed by atoms with Crippen LogP contribution in [0.2, 0.25) is 0 Å². The molecule has 0 bridgehead atoms. The van der Waals surface area contributed by atoms with Gasteiger partial charge in [-0.2, -0.15) is 0 Å². The van der Waals surface area contributed by atoms with Crippen LogP contribution in [-0.4, -0.2) is 36.2 Å². The van der Waals surface area contributed by atoms with Crippen LogP contribution in [0.15, 0.2) is 25.3 Å².